The van der Waals surface area contributed by atoms with Crippen molar-refractivity contribution in [3.8, 4) is 5.75 Å². The minimum Gasteiger partial charge on any atom is -0.491 e. The Kier molecular flexibility index (Phi) is 6.55. The highest BCUT2D eigenvalue weighted by atomic mass is 32.2. The highest BCUT2D eigenvalue weighted by molar-refractivity contribution is 7.86. The van der Waals surface area contributed by atoms with Crippen molar-refractivity contribution in [2.45, 2.75) is 24.7 Å². The molecule has 2 aromatic carbocycles. The second-order valence-electron chi connectivity index (χ2n) is 5.48. The number of benzene rings is 2. The van der Waals surface area contributed by atoms with Gasteiger partial charge in [0.1, 0.15) is 19.0 Å². The number of rotatable bonds is 9. The number of hydrogen-bond acceptors (Lipinski definition) is 5. The summed E-state index contributed by atoms with van der Waals surface area (Å²) in [5.41, 5.74) is 1.86. The Morgan fingerprint density at radius 1 is 1.00 bits per heavy atom. The van der Waals surface area contributed by atoms with Gasteiger partial charge in [0.15, 0.2) is 0 Å². The number of aliphatic carboxylic acids is 1. The summed E-state index contributed by atoms with van der Waals surface area (Å²) in [7, 11) is -3.79. The van der Waals surface area contributed by atoms with Crippen molar-refractivity contribution in [1.82, 2.24) is 0 Å². The van der Waals surface area contributed by atoms with Gasteiger partial charge in [-0.15, -0.1) is 0 Å². The van der Waals surface area contributed by atoms with Crippen LogP contribution in [0.5, 0.6) is 5.75 Å². The molecule has 0 spiro atoms. The van der Waals surface area contributed by atoms with Crippen LogP contribution in [0.3, 0.4) is 0 Å². The molecule has 2 rings (SSSR count). The lowest BCUT2D eigenvalue weighted by atomic mass is 10.1. The predicted molar refractivity (Wildman–Crippen MR) is 92.2 cm³/mol. The van der Waals surface area contributed by atoms with Crippen molar-refractivity contribution < 1.29 is 27.2 Å². The van der Waals surface area contributed by atoms with Gasteiger partial charge in [-0.3, -0.25) is 8.98 Å². The first-order valence-corrected chi connectivity index (χ1v) is 9.17. The van der Waals surface area contributed by atoms with Crippen LogP contribution in [-0.4, -0.2) is 32.7 Å². The lowest BCUT2D eigenvalue weighted by molar-refractivity contribution is -0.136. The van der Waals surface area contributed by atoms with Gasteiger partial charge in [-0.2, -0.15) is 8.42 Å². The van der Waals surface area contributed by atoms with Crippen LogP contribution in [0, 0.1) is 6.92 Å². The van der Waals surface area contributed by atoms with E-state index in [-0.39, 0.29) is 24.5 Å². The van der Waals surface area contributed by atoms with Crippen LogP contribution in [0.1, 0.15) is 17.5 Å². The Hall–Kier alpha value is -2.38. The Morgan fingerprint density at radius 2 is 1.64 bits per heavy atom. The Labute approximate surface area is 147 Å². The third-order valence-corrected chi connectivity index (χ3v) is 4.78. The normalized spacial score (nSPS) is 11.2. The molecule has 0 fully saturated rings. The molecule has 25 heavy (non-hydrogen) atoms. The van der Waals surface area contributed by atoms with Crippen LogP contribution < -0.4 is 4.74 Å². The number of carbonyl (C=O) groups is 1. The smallest absolute Gasteiger partial charge is 0.303 e. The van der Waals surface area contributed by atoms with Gasteiger partial charge < -0.3 is 9.84 Å². The second kappa shape index (κ2) is 8.64. The van der Waals surface area contributed by atoms with Gasteiger partial charge in [0, 0.05) is 6.42 Å². The zero-order valence-corrected chi connectivity index (χ0v) is 14.7. The van der Waals surface area contributed by atoms with E-state index in [9.17, 15) is 13.2 Å². The summed E-state index contributed by atoms with van der Waals surface area (Å²) < 4.78 is 34.4. The van der Waals surface area contributed by atoms with Crippen LogP contribution >= 0.6 is 0 Å². The number of carboxylic acids is 1. The topological polar surface area (TPSA) is 89.9 Å². The average Bonchev–Trinajstić information content (AvgIpc) is 2.58. The molecule has 0 radical (unpaired) electrons. The number of carboxylic acid groups (broad SMARTS) is 1. The van der Waals surface area contributed by atoms with Crippen molar-refractivity contribution >= 4 is 16.1 Å². The van der Waals surface area contributed by atoms with E-state index in [2.05, 4.69) is 0 Å². The van der Waals surface area contributed by atoms with E-state index in [1.54, 1.807) is 36.4 Å². The predicted octanol–water partition coefficient (Wildman–Crippen LogP) is 2.80. The first-order valence-electron chi connectivity index (χ1n) is 7.76. The summed E-state index contributed by atoms with van der Waals surface area (Å²) in [6.07, 6.45) is 0.526. The average molecular weight is 364 g/mol. The molecule has 0 aliphatic rings. The quantitative estimate of drug-likeness (QED) is 0.544. The molecule has 0 bridgehead atoms. The summed E-state index contributed by atoms with van der Waals surface area (Å²) in [6.45, 7) is 1.86. The minimum atomic E-state index is -3.79. The lowest BCUT2D eigenvalue weighted by Crippen LogP contribution is -2.13. The summed E-state index contributed by atoms with van der Waals surface area (Å²) >= 11 is 0. The first-order chi connectivity index (χ1) is 11.9. The molecule has 0 heterocycles. The van der Waals surface area contributed by atoms with Crippen LogP contribution in [0.4, 0.5) is 0 Å². The van der Waals surface area contributed by atoms with Gasteiger partial charge in [-0.1, -0.05) is 29.8 Å². The zero-order chi connectivity index (χ0) is 18.3. The highest BCUT2D eigenvalue weighted by Gasteiger charge is 2.14. The molecule has 0 saturated heterocycles. The summed E-state index contributed by atoms with van der Waals surface area (Å²) in [5, 5.41) is 8.65. The maximum Gasteiger partial charge on any atom is 0.303 e. The van der Waals surface area contributed by atoms with Gasteiger partial charge in [0.2, 0.25) is 0 Å². The number of ether oxygens (including phenoxy) is 1. The Balaban J connectivity index is 1.78. The fraction of sp³-hybridized carbons (Fsp3) is 0.278. The molecule has 134 valence electrons. The molecule has 0 saturated carbocycles. The summed E-state index contributed by atoms with van der Waals surface area (Å²) in [6, 6.07) is 13.4. The molecule has 0 amide bonds. The van der Waals surface area contributed by atoms with Crippen LogP contribution in [0.15, 0.2) is 53.4 Å². The standard InChI is InChI=1S/C18H20O6S/c1-14-2-9-17(10-3-14)25(21,22)24-13-12-23-16-7-4-15(5-8-16)6-11-18(19)20/h2-5,7-10H,6,11-13H2,1H3,(H,19,20). The highest BCUT2D eigenvalue weighted by Crippen LogP contribution is 2.15. The molecule has 7 heteroatoms. The maximum atomic E-state index is 12.0. The molecular formula is C18H20O6S. The molecule has 0 atom stereocenters. The third kappa shape index (κ3) is 6.21. The monoisotopic (exact) mass is 364 g/mol. The van der Waals surface area contributed by atoms with Crippen LogP contribution in [-0.2, 0) is 25.5 Å². The van der Waals surface area contributed by atoms with E-state index < -0.39 is 16.1 Å². The van der Waals surface area contributed by atoms with E-state index in [0.717, 1.165) is 11.1 Å². The fourth-order valence-electron chi connectivity index (χ4n) is 2.08. The molecule has 0 aromatic heterocycles. The molecule has 1 N–H and O–H groups in total. The van der Waals surface area contributed by atoms with Gasteiger partial charge in [0.25, 0.3) is 10.1 Å². The van der Waals surface area contributed by atoms with Crippen molar-refractivity contribution in [2.75, 3.05) is 13.2 Å². The van der Waals surface area contributed by atoms with Crippen molar-refractivity contribution in [2.24, 2.45) is 0 Å². The summed E-state index contributed by atoms with van der Waals surface area (Å²) in [5.74, 6) is -0.275. The summed E-state index contributed by atoms with van der Waals surface area (Å²) in [4.78, 5) is 10.6. The number of aryl methyl sites for hydroxylation is 2. The first kappa shape index (κ1) is 19.0. The second-order valence-corrected chi connectivity index (χ2v) is 7.09. The fourth-order valence-corrected chi connectivity index (χ4v) is 2.97. The van der Waals surface area contributed by atoms with Gasteiger partial charge >= 0.3 is 5.97 Å². The molecule has 0 aliphatic heterocycles. The lowest BCUT2D eigenvalue weighted by Gasteiger charge is -2.08. The van der Waals surface area contributed by atoms with Crippen LogP contribution in [0.2, 0.25) is 0 Å². The van der Waals surface area contributed by atoms with Gasteiger partial charge in [-0.05, 0) is 43.2 Å². The van der Waals surface area contributed by atoms with Crippen molar-refractivity contribution in [1.29, 1.82) is 0 Å². The van der Waals surface area contributed by atoms with E-state index in [4.69, 9.17) is 14.0 Å². The molecule has 6 nitrogen and oxygen atoms in total. The van der Waals surface area contributed by atoms with Crippen molar-refractivity contribution in [3.63, 3.8) is 0 Å². The van der Waals surface area contributed by atoms with Gasteiger partial charge in [-0.25, -0.2) is 0 Å². The zero-order valence-electron chi connectivity index (χ0n) is 13.8. The molecular weight excluding hydrogens is 344 g/mol. The Morgan fingerprint density at radius 3 is 2.24 bits per heavy atom. The molecule has 0 aliphatic carbocycles. The van der Waals surface area contributed by atoms with E-state index >= 15 is 0 Å². The Bertz CT molecular complexity index is 794. The van der Waals surface area contributed by atoms with E-state index in [0.29, 0.717) is 12.2 Å². The maximum absolute atomic E-state index is 12.0. The third-order valence-electron chi connectivity index (χ3n) is 3.45. The van der Waals surface area contributed by atoms with E-state index in [1.807, 2.05) is 6.92 Å². The number of hydrogen-bond donors (Lipinski definition) is 1. The minimum absolute atomic E-state index is 0.0743. The van der Waals surface area contributed by atoms with Crippen molar-refractivity contribution in [3.05, 3.63) is 59.7 Å². The molecule has 2 aromatic rings. The SMILES string of the molecule is Cc1ccc(S(=O)(=O)OCCOc2ccc(CCC(=O)O)cc2)cc1. The molecule has 0 unspecified atom stereocenters. The van der Waals surface area contributed by atoms with E-state index in [1.165, 1.54) is 12.1 Å². The largest absolute Gasteiger partial charge is 0.491 e. The van der Waals surface area contributed by atoms with Crippen LogP contribution in [0.25, 0.3) is 0 Å². The van der Waals surface area contributed by atoms with Gasteiger partial charge in [0.05, 0.1) is 4.90 Å².